The van der Waals surface area contributed by atoms with Crippen LogP contribution in [0.4, 0.5) is 5.69 Å². The van der Waals surface area contributed by atoms with Crippen LogP contribution in [-0.4, -0.2) is 67.1 Å². The first kappa shape index (κ1) is 26.2. The Morgan fingerprint density at radius 3 is 2.16 bits per heavy atom. The summed E-state index contributed by atoms with van der Waals surface area (Å²) in [6.45, 7) is -0.249. The normalized spacial score (nSPS) is 11.9. The molecule has 2 aromatic rings. The number of hydrogen-bond acceptors (Lipinski definition) is 6. The maximum absolute atomic E-state index is 12.3. The van der Waals surface area contributed by atoms with E-state index >= 15 is 0 Å². The van der Waals surface area contributed by atoms with Crippen LogP contribution < -0.4 is 14.4 Å². The summed E-state index contributed by atoms with van der Waals surface area (Å²) in [5.41, 5.74) is 0.209. The van der Waals surface area contributed by atoms with E-state index < -0.39 is 32.5 Å². The highest BCUT2D eigenvalue weighted by Gasteiger charge is 2.21. The van der Waals surface area contributed by atoms with Gasteiger partial charge in [-0.15, -0.1) is 0 Å². The Morgan fingerprint density at radius 1 is 1.00 bits per heavy atom. The molecule has 0 fully saturated rings. The van der Waals surface area contributed by atoms with Crippen molar-refractivity contribution in [1.29, 1.82) is 0 Å². The molecular formula is C19H23Cl2N3O6S2. The lowest BCUT2D eigenvalue weighted by atomic mass is 10.3. The third kappa shape index (κ3) is 6.97. The first-order valence-electron chi connectivity index (χ1n) is 9.17. The molecule has 2 aromatic carbocycles. The Balaban J connectivity index is 1.91. The van der Waals surface area contributed by atoms with E-state index in [0.717, 1.165) is 14.9 Å². The predicted octanol–water partition coefficient (Wildman–Crippen LogP) is 2.20. The van der Waals surface area contributed by atoms with E-state index in [1.165, 1.54) is 56.6 Å². The van der Waals surface area contributed by atoms with Gasteiger partial charge in [-0.3, -0.25) is 9.10 Å². The molecule has 0 aliphatic carbocycles. The SMILES string of the molecule is CN(C)S(=O)(=O)c1ccc(OCCNC(=O)CN(c2ccc(Cl)c(Cl)c2)S(C)(=O)=O)cc1. The number of carbonyl (C=O) groups excluding carboxylic acids is 1. The zero-order valence-electron chi connectivity index (χ0n) is 17.6. The molecule has 0 saturated carbocycles. The molecule has 1 N–H and O–H groups in total. The van der Waals surface area contributed by atoms with Gasteiger partial charge in [0.2, 0.25) is 26.0 Å². The quantitative estimate of drug-likeness (QED) is 0.477. The number of hydrogen-bond donors (Lipinski definition) is 1. The second-order valence-corrected chi connectivity index (χ2v) is 11.7. The minimum absolute atomic E-state index is 0.0944. The number of rotatable bonds is 10. The van der Waals surface area contributed by atoms with Gasteiger partial charge in [-0.05, 0) is 42.5 Å². The average Bonchev–Trinajstić information content (AvgIpc) is 2.71. The number of nitrogens with one attached hydrogen (secondary N) is 1. The topological polar surface area (TPSA) is 113 Å². The van der Waals surface area contributed by atoms with Crippen molar-refractivity contribution in [3.63, 3.8) is 0 Å². The van der Waals surface area contributed by atoms with E-state index in [-0.39, 0.29) is 33.8 Å². The Hall–Kier alpha value is -2.05. The summed E-state index contributed by atoms with van der Waals surface area (Å²) in [7, 11) is -4.40. The van der Waals surface area contributed by atoms with Gasteiger partial charge in [-0.25, -0.2) is 21.1 Å². The standard InChI is InChI=1S/C19H23Cl2N3O6S2/c1-23(2)32(28,29)16-7-5-15(6-8-16)30-11-10-22-19(25)13-24(31(3,26)27)14-4-9-17(20)18(21)12-14/h4-9,12H,10-11,13H2,1-3H3,(H,22,25). The molecule has 0 aliphatic heterocycles. The lowest BCUT2D eigenvalue weighted by molar-refractivity contribution is -0.119. The monoisotopic (exact) mass is 523 g/mol. The van der Waals surface area contributed by atoms with Crippen LogP contribution in [-0.2, 0) is 24.8 Å². The molecule has 0 radical (unpaired) electrons. The number of sulfonamides is 2. The van der Waals surface area contributed by atoms with Gasteiger partial charge in [-0.1, -0.05) is 23.2 Å². The Bertz CT molecular complexity index is 1170. The zero-order valence-corrected chi connectivity index (χ0v) is 20.7. The molecular weight excluding hydrogens is 501 g/mol. The fraction of sp³-hybridized carbons (Fsp3) is 0.316. The highest BCUT2D eigenvalue weighted by molar-refractivity contribution is 7.92. The van der Waals surface area contributed by atoms with Gasteiger partial charge in [0.05, 0.1) is 33.4 Å². The van der Waals surface area contributed by atoms with E-state index in [1.54, 1.807) is 0 Å². The molecule has 0 saturated heterocycles. The number of benzene rings is 2. The van der Waals surface area contributed by atoms with Gasteiger partial charge in [0, 0.05) is 14.1 Å². The van der Waals surface area contributed by atoms with Crippen LogP contribution in [0, 0.1) is 0 Å². The number of amides is 1. The molecule has 0 aromatic heterocycles. The van der Waals surface area contributed by atoms with Crippen molar-refractivity contribution in [3.8, 4) is 5.75 Å². The van der Waals surface area contributed by atoms with Crippen LogP contribution in [0.15, 0.2) is 47.4 Å². The van der Waals surface area contributed by atoms with E-state index in [2.05, 4.69) is 5.32 Å². The van der Waals surface area contributed by atoms with Gasteiger partial charge in [-0.2, -0.15) is 0 Å². The smallest absolute Gasteiger partial charge is 0.242 e. The molecule has 0 aliphatic rings. The first-order chi connectivity index (χ1) is 14.8. The Labute approximate surface area is 198 Å². The van der Waals surface area contributed by atoms with E-state index in [1.807, 2.05) is 0 Å². The number of ether oxygens (including phenoxy) is 1. The van der Waals surface area contributed by atoms with Crippen molar-refractivity contribution in [3.05, 3.63) is 52.5 Å². The van der Waals surface area contributed by atoms with Crippen LogP contribution >= 0.6 is 23.2 Å². The van der Waals surface area contributed by atoms with Gasteiger partial charge in [0.25, 0.3) is 0 Å². The Morgan fingerprint density at radius 2 is 1.62 bits per heavy atom. The van der Waals surface area contributed by atoms with Crippen LogP contribution in [0.2, 0.25) is 10.0 Å². The summed E-state index contributed by atoms with van der Waals surface area (Å²) in [4.78, 5) is 12.4. The van der Waals surface area contributed by atoms with Crippen LogP contribution in [0.3, 0.4) is 0 Å². The lowest BCUT2D eigenvalue weighted by Crippen LogP contribution is -2.41. The number of carbonyl (C=O) groups is 1. The molecule has 1 amide bonds. The summed E-state index contributed by atoms with van der Waals surface area (Å²) < 4.78 is 55.8. The summed E-state index contributed by atoms with van der Waals surface area (Å²) in [6, 6.07) is 10.1. The van der Waals surface area contributed by atoms with Gasteiger partial charge in [0.15, 0.2) is 0 Å². The predicted molar refractivity (Wildman–Crippen MR) is 124 cm³/mol. The maximum atomic E-state index is 12.3. The number of halogens is 2. The van der Waals surface area contributed by atoms with E-state index in [0.29, 0.717) is 5.75 Å². The van der Waals surface area contributed by atoms with Gasteiger partial charge >= 0.3 is 0 Å². The molecule has 13 heteroatoms. The minimum atomic E-state index is -3.75. The third-order valence-corrected chi connectivity index (χ3v) is 7.88. The minimum Gasteiger partial charge on any atom is -0.492 e. The average molecular weight is 524 g/mol. The number of nitrogens with zero attached hydrogens (tertiary/aromatic N) is 2. The van der Waals surface area contributed by atoms with Crippen LogP contribution in [0.5, 0.6) is 5.75 Å². The number of anilines is 1. The summed E-state index contributed by atoms with van der Waals surface area (Å²) in [5, 5.41) is 3.00. The molecule has 2 rings (SSSR count). The molecule has 32 heavy (non-hydrogen) atoms. The molecule has 0 bridgehead atoms. The molecule has 0 unspecified atom stereocenters. The van der Waals surface area contributed by atoms with Crippen molar-refractivity contribution >= 4 is 54.8 Å². The summed E-state index contributed by atoms with van der Waals surface area (Å²) in [6.07, 6.45) is 0.978. The highest BCUT2D eigenvalue weighted by Crippen LogP contribution is 2.28. The van der Waals surface area contributed by atoms with E-state index in [4.69, 9.17) is 27.9 Å². The maximum Gasteiger partial charge on any atom is 0.242 e. The second kappa shape index (κ2) is 10.7. The van der Waals surface area contributed by atoms with Crippen molar-refractivity contribution in [2.75, 3.05) is 44.4 Å². The van der Waals surface area contributed by atoms with Gasteiger partial charge in [0.1, 0.15) is 18.9 Å². The van der Waals surface area contributed by atoms with Crippen molar-refractivity contribution in [2.24, 2.45) is 0 Å². The lowest BCUT2D eigenvalue weighted by Gasteiger charge is -2.22. The summed E-state index contributed by atoms with van der Waals surface area (Å²) in [5.74, 6) is -0.122. The van der Waals surface area contributed by atoms with Crippen molar-refractivity contribution in [2.45, 2.75) is 4.90 Å². The third-order valence-electron chi connectivity index (χ3n) is 4.17. The van der Waals surface area contributed by atoms with Crippen molar-refractivity contribution < 1.29 is 26.4 Å². The highest BCUT2D eigenvalue weighted by atomic mass is 35.5. The fourth-order valence-corrected chi connectivity index (χ4v) is 4.55. The molecule has 0 heterocycles. The first-order valence-corrected chi connectivity index (χ1v) is 13.2. The molecule has 176 valence electrons. The van der Waals surface area contributed by atoms with Crippen molar-refractivity contribution in [1.82, 2.24) is 9.62 Å². The zero-order chi connectivity index (χ0) is 24.1. The fourth-order valence-electron chi connectivity index (χ4n) is 2.50. The Kier molecular flexibility index (Phi) is 8.77. The summed E-state index contributed by atoms with van der Waals surface area (Å²) >= 11 is 11.8. The van der Waals surface area contributed by atoms with Crippen LogP contribution in [0.1, 0.15) is 0 Å². The molecule has 0 spiro atoms. The largest absolute Gasteiger partial charge is 0.492 e. The van der Waals surface area contributed by atoms with E-state index in [9.17, 15) is 21.6 Å². The molecule has 0 atom stereocenters. The molecule has 9 nitrogen and oxygen atoms in total. The second-order valence-electron chi connectivity index (χ2n) is 6.83. The van der Waals surface area contributed by atoms with Crippen LogP contribution in [0.25, 0.3) is 0 Å². The van der Waals surface area contributed by atoms with Gasteiger partial charge < -0.3 is 10.1 Å².